The quantitative estimate of drug-likeness (QED) is 0.230. The zero-order valence-electron chi connectivity index (χ0n) is 23.5. The molecule has 2 bridgehead atoms. The van der Waals surface area contributed by atoms with Crippen molar-refractivity contribution in [1.82, 2.24) is 4.90 Å². The topological polar surface area (TPSA) is 72.9 Å². The van der Waals surface area contributed by atoms with Crippen LogP contribution in [-0.2, 0) is 23.9 Å². The highest BCUT2D eigenvalue weighted by molar-refractivity contribution is 5.98. The summed E-state index contributed by atoms with van der Waals surface area (Å²) in [7, 11) is 0. The molecule has 7 aliphatic rings. The molecule has 5 aliphatic carbocycles. The minimum atomic E-state index is -0.558. The maximum atomic E-state index is 13.6. The highest BCUT2D eigenvalue weighted by atomic mass is 16.6. The molecule has 6 nitrogen and oxygen atoms in total. The molecule has 2 saturated heterocycles. The Hall–Kier alpha value is -2.13. The molecular formula is C32H43NO5. The molecule has 7 rings (SSSR count). The number of rotatable bonds is 4. The number of carbonyl (C=O) groups is 3. The van der Waals surface area contributed by atoms with Crippen LogP contribution in [0.5, 0.6) is 0 Å². The van der Waals surface area contributed by atoms with Crippen LogP contribution >= 0.6 is 0 Å². The van der Waals surface area contributed by atoms with Crippen molar-refractivity contribution in [2.24, 2.45) is 51.8 Å². The van der Waals surface area contributed by atoms with Gasteiger partial charge in [-0.15, -0.1) is 0 Å². The fraction of sp³-hybridized carbons (Fsp3) is 0.781. The van der Waals surface area contributed by atoms with E-state index in [1.54, 1.807) is 0 Å². The molecule has 0 unspecified atom stereocenters. The SMILES string of the molecule is CC(C)C1=C[C@@]23CC[C@@H]4[C@](C)(CCC[C@@]4(C)C(=O)OCC#CCN4CCCC4)[C@H]2C[C@@H]1[C@H]1C(=O)OC(=O)[C@H]13. The van der Waals surface area contributed by atoms with Crippen LogP contribution in [0.15, 0.2) is 11.6 Å². The number of allylic oxidation sites excluding steroid dienone is 2. The van der Waals surface area contributed by atoms with E-state index in [1.807, 2.05) is 0 Å². The van der Waals surface area contributed by atoms with Crippen molar-refractivity contribution in [2.45, 2.75) is 79.1 Å². The van der Waals surface area contributed by atoms with Gasteiger partial charge < -0.3 is 9.47 Å². The molecular weight excluding hydrogens is 478 g/mol. The lowest BCUT2D eigenvalue weighted by Crippen LogP contribution is -2.65. The summed E-state index contributed by atoms with van der Waals surface area (Å²) < 4.78 is 11.1. The van der Waals surface area contributed by atoms with Crippen LogP contribution in [0.4, 0.5) is 0 Å². The minimum Gasteiger partial charge on any atom is -0.452 e. The van der Waals surface area contributed by atoms with Crippen LogP contribution in [0.3, 0.4) is 0 Å². The number of hydrogen-bond acceptors (Lipinski definition) is 6. The Morgan fingerprint density at radius 1 is 1.08 bits per heavy atom. The molecule has 3 saturated carbocycles. The summed E-state index contributed by atoms with van der Waals surface area (Å²) in [6.07, 6.45) is 10.3. The third-order valence-corrected chi connectivity index (χ3v) is 11.8. The van der Waals surface area contributed by atoms with Gasteiger partial charge in [0.25, 0.3) is 0 Å². The molecule has 2 aliphatic heterocycles. The molecule has 6 heteroatoms. The van der Waals surface area contributed by atoms with Gasteiger partial charge in [-0.25, -0.2) is 0 Å². The zero-order chi connectivity index (χ0) is 26.9. The number of nitrogens with zero attached hydrogens (tertiary/aromatic N) is 1. The number of likely N-dealkylation sites (tertiary alicyclic amines) is 1. The van der Waals surface area contributed by atoms with Gasteiger partial charge in [0.1, 0.15) is 0 Å². The summed E-state index contributed by atoms with van der Waals surface area (Å²) in [5, 5.41) is 0. The number of esters is 3. The van der Waals surface area contributed by atoms with Crippen molar-refractivity contribution in [3.05, 3.63) is 11.6 Å². The molecule has 8 atom stereocenters. The van der Waals surface area contributed by atoms with E-state index in [9.17, 15) is 14.4 Å². The number of fused-ring (bicyclic) bond motifs is 1. The van der Waals surface area contributed by atoms with Gasteiger partial charge in [-0.2, -0.15) is 0 Å². The van der Waals surface area contributed by atoms with Crippen LogP contribution < -0.4 is 0 Å². The number of carbonyl (C=O) groups excluding carboxylic acids is 3. The lowest BCUT2D eigenvalue weighted by molar-refractivity contribution is -0.197. The largest absolute Gasteiger partial charge is 0.452 e. The smallest absolute Gasteiger partial charge is 0.318 e. The number of ether oxygens (including phenoxy) is 2. The van der Waals surface area contributed by atoms with Crippen LogP contribution in [-0.4, -0.2) is 49.0 Å². The predicted molar refractivity (Wildman–Crippen MR) is 142 cm³/mol. The maximum absolute atomic E-state index is 13.6. The lowest BCUT2D eigenvalue weighted by atomic mass is 9.34. The molecule has 206 valence electrons. The minimum absolute atomic E-state index is 0.0624. The van der Waals surface area contributed by atoms with Gasteiger partial charge in [-0.3, -0.25) is 19.3 Å². The Morgan fingerprint density at radius 2 is 1.84 bits per heavy atom. The van der Waals surface area contributed by atoms with Gasteiger partial charge in [-0.1, -0.05) is 50.7 Å². The van der Waals surface area contributed by atoms with Crippen LogP contribution in [0.2, 0.25) is 0 Å². The van der Waals surface area contributed by atoms with E-state index in [0.717, 1.165) is 58.2 Å². The van der Waals surface area contributed by atoms with Crippen molar-refractivity contribution in [3.63, 3.8) is 0 Å². The summed E-state index contributed by atoms with van der Waals surface area (Å²) in [6, 6.07) is 0. The molecule has 2 heterocycles. The average molecular weight is 522 g/mol. The Kier molecular flexibility index (Phi) is 6.34. The lowest BCUT2D eigenvalue weighted by Gasteiger charge is -2.68. The second kappa shape index (κ2) is 9.22. The number of hydrogen-bond donors (Lipinski definition) is 0. The summed E-state index contributed by atoms with van der Waals surface area (Å²) in [5.41, 5.74) is 0.329. The molecule has 0 aromatic carbocycles. The van der Waals surface area contributed by atoms with E-state index in [-0.39, 0.29) is 64.9 Å². The Morgan fingerprint density at radius 3 is 2.58 bits per heavy atom. The van der Waals surface area contributed by atoms with Crippen molar-refractivity contribution in [2.75, 3.05) is 26.2 Å². The Labute approximate surface area is 227 Å². The van der Waals surface area contributed by atoms with Crippen LogP contribution in [0, 0.1) is 63.6 Å². The third kappa shape index (κ3) is 3.67. The van der Waals surface area contributed by atoms with Gasteiger partial charge in [0.05, 0.1) is 23.8 Å². The first-order chi connectivity index (χ1) is 18.1. The van der Waals surface area contributed by atoms with E-state index in [1.165, 1.54) is 18.4 Å². The van der Waals surface area contributed by atoms with Crippen molar-refractivity contribution in [3.8, 4) is 11.8 Å². The predicted octanol–water partition coefficient (Wildman–Crippen LogP) is 4.77. The molecule has 0 N–H and O–H groups in total. The summed E-state index contributed by atoms with van der Waals surface area (Å²) in [4.78, 5) is 42.0. The highest BCUT2D eigenvalue weighted by Gasteiger charge is 2.73. The van der Waals surface area contributed by atoms with Gasteiger partial charge >= 0.3 is 17.9 Å². The van der Waals surface area contributed by atoms with E-state index < -0.39 is 5.41 Å². The van der Waals surface area contributed by atoms with E-state index in [2.05, 4.69) is 50.5 Å². The highest BCUT2D eigenvalue weighted by Crippen LogP contribution is 2.74. The first kappa shape index (κ1) is 26.1. The first-order valence-electron chi connectivity index (χ1n) is 15.0. The molecule has 38 heavy (non-hydrogen) atoms. The fourth-order valence-electron chi connectivity index (χ4n) is 10.2. The second-order valence-corrected chi connectivity index (χ2v) is 13.8. The average Bonchev–Trinajstić information content (AvgIpc) is 3.51. The van der Waals surface area contributed by atoms with E-state index in [4.69, 9.17) is 9.47 Å². The van der Waals surface area contributed by atoms with Gasteiger partial charge in [0, 0.05) is 5.41 Å². The summed E-state index contributed by atoms with van der Waals surface area (Å²) >= 11 is 0. The van der Waals surface area contributed by atoms with Crippen molar-refractivity contribution in [1.29, 1.82) is 0 Å². The number of cyclic esters (lactones) is 2. The summed E-state index contributed by atoms with van der Waals surface area (Å²) in [5.74, 6) is 5.64. The fourth-order valence-corrected chi connectivity index (χ4v) is 10.2. The first-order valence-corrected chi connectivity index (χ1v) is 15.0. The Bertz CT molecular complexity index is 1120. The van der Waals surface area contributed by atoms with Gasteiger partial charge in [-0.05, 0) is 94.0 Å². The molecule has 0 radical (unpaired) electrons. The normalized spacial score (nSPS) is 43.5. The zero-order valence-corrected chi connectivity index (χ0v) is 23.5. The molecule has 0 amide bonds. The molecule has 1 spiro atoms. The van der Waals surface area contributed by atoms with Crippen LogP contribution in [0.1, 0.15) is 79.1 Å². The monoisotopic (exact) mass is 521 g/mol. The van der Waals surface area contributed by atoms with E-state index >= 15 is 0 Å². The molecule has 0 aromatic heterocycles. The standard InChI is InChI=1S/C32H43NO5/c1-20(2)22-19-32-13-10-23-30(3,24(32)18-21(22)25-26(32)28(35)38-27(25)34)11-9-12-31(23,4)29(36)37-17-8-7-16-33-14-5-6-15-33/h19-21,23-26H,5-6,9-18H2,1-4H3/t21-,23+,24+,25+,26-,30-,31+,32-/m0/s1. The van der Waals surface area contributed by atoms with Gasteiger partial charge in [0.15, 0.2) is 6.61 Å². The van der Waals surface area contributed by atoms with E-state index in [0.29, 0.717) is 5.92 Å². The van der Waals surface area contributed by atoms with Crippen molar-refractivity contribution >= 4 is 17.9 Å². The molecule has 5 fully saturated rings. The summed E-state index contributed by atoms with van der Waals surface area (Å²) in [6.45, 7) is 12.0. The third-order valence-electron chi connectivity index (χ3n) is 11.8. The van der Waals surface area contributed by atoms with Crippen LogP contribution in [0.25, 0.3) is 0 Å². The maximum Gasteiger partial charge on any atom is 0.318 e. The molecule has 0 aromatic rings. The van der Waals surface area contributed by atoms with Gasteiger partial charge in [0.2, 0.25) is 0 Å². The second-order valence-electron chi connectivity index (χ2n) is 13.8. The van der Waals surface area contributed by atoms with Crippen molar-refractivity contribution < 1.29 is 23.9 Å². The Balaban J connectivity index is 1.25.